The molecule has 1 fully saturated rings. The summed E-state index contributed by atoms with van der Waals surface area (Å²) in [5.41, 5.74) is 6.98. The predicted molar refractivity (Wildman–Crippen MR) is 60.8 cm³/mol. The zero-order valence-corrected chi connectivity index (χ0v) is 9.26. The molecule has 15 heavy (non-hydrogen) atoms. The first-order valence-electron chi connectivity index (χ1n) is 5.17. The van der Waals surface area contributed by atoms with E-state index in [9.17, 15) is 4.79 Å². The topological polar surface area (TPSA) is 43.1 Å². The largest absolute Gasteiger partial charge is 0.321 e. The van der Waals surface area contributed by atoms with Crippen molar-refractivity contribution in [2.24, 2.45) is 5.73 Å². The number of hydrogen-bond donors (Lipinski definition) is 1. The molecule has 0 heterocycles. The van der Waals surface area contributed by atoms with Crippen molar-refractivity contribution in [3.05, 3.63) is 34.9 Å². The molecule has 0 spiro atoms. The van der Waals surface area contributed by atoms with Crippen LogP contribution in [0.25, 0.3) is 0 Å². The number of ketones is 1. The molecule has 3 heteroatoms. The number of benzene rings is 1. The van der Waals surface area contributed by atoms with Crippen LogP contribution >= 0.6 is 11.6 Å². The Labute approximate surface area is 94.4 Å². The molecular formula is C12H14ClNO. The summed E-state index contributed by atoms with van der Waals surface area (Å²) in [4.78, 5) is 11.2. The normalized spacial score (nSPS) is 20.3. The van der Waals surface area contributed by atoms with E-state index < -0.39 is 0 Å². The van der Waals surface area contributed by atoms with Gasteiger partial charge in [-0.05, 0) is 30.5 Å². The average Bonchev–Trinajstić information content (AvgIpc) is 2.23. The third kappa shape index (κ3) is 2.21. The van der Waals surface area contributed by atoms with Gasteiger partial charge in [-0.3, -0.25) is 4.79 Å². The van der Waals surface area contributed by atoms with Gasteiger partial charge >= 0.3 is 0 Å². The maximum atomic E-state index is 11.2. The predicted octanol–water partition coefficient (Wildman–Crippen LogP) is 2.64. The van der Waals surface area contributed by atoms with Crippen molar-refractivity contribution in [1.82, 2.24) is 0 Å². The Balaban J connectivity index is 2.25. The quantitative estimate of drug-likeness (QED) is 0.796. The second-order valence-electron chi connectivity index (χ2n) is 4.21. The first-order valence-corrected chi connectivity index (χ1v) is 5.55. The van der Waals surface area contributed by atoms with Gasteiger partial charge in [0.1, 0.15) is 5.78 Å². The Hall–Kier alpha value is -0.860. The summed E-state index contributed by atoms with van der Waals surface area (Å²) in [6.07, 6.45) is 2.63. The summed E-state index contributed by atoms with van der Waals surface area (Å²) in [5, 5.41) is 0.703. The summed E-state index contributed by atoms with van der Waals surface area (Å²) >= 11 is 5.93. The third-order valence-corrected chi connectivity index (χ3v) is 3.33. The maximum Gasteiger partial charge on any atom is 0.133 e. The van der Waals surface area contributed by atoms with Crippen LogP contribution in [0.1, 0.15) is 31.2 Å². The lowest BCUT2D eigenvalue weighted by Gasteiger charge is -2.33. The second kappa shape index (κ2) is 3.95. The van der Waals surface area contributed by atoms with Gasteiger partial charge in [-0.1, -0.05) is 23.7 Å². The number of hydrogen-bond acceptors (Lipinski definition) is 2. The van der Waals surface area contributed by atoms with Gasteiger partial charge in [0.2, 0.25) is 0 Å². The highest BCUT2D eigenvalue weighted by molar-refractivity contribution is 6.30. The van der Waals surface area contributed by atoms with Gasteiger partial charge < -0.3 is 5.73 Å². The number of Topliss-reactive ketones (excluding diaryl/α,β-unsaturated/α-hetero) is 1. The van der Waals surface area contributed by atoms with E-state index in [-0.39, 0.29) is 5.54 Å². The summed E-state index contributed by atoms with van der Waals surface area (Å²) in [6, 6.07) is 7.63. The highest BCUT2D eigenvalue weighted by Crippen LogP contribution is 2.34. The molecule has 0 bridgehead atoms. The molecule has 80 valence electrons. The second-order valence-corrected chi connectivity index (χ2v) is 4.64. The Morgan fingerprint density at radius 1 is 1.27 bits per heavy atom. The lowest BCUT2D eigenvalue weighted by atomic mass is 9.77. The highest BCUT2D eigenvalue weighted by Gasteiger charge is 2.32. The van der Waals surface area contributed by atoms with Gasteiger partial charge in [-0.2, -0.15) is 0 Å². The molecule has 1 aliphatic carbocycles. The highest BCUT2D eigenvalue weighted by atomic mass is 35.5. The lowest BCUT2D eigenvalue weighted by molar-refractivity contribution is -0.121. The molecule has 0 radical (unpaired) electrons. The number of carbonyl (C=O) groups excluding carboxylic acids is 1. The van der Waals surface area contributed by atoms with E-state index in [1.807, 2.05) is 24.3 Å². The molecule has 0 aliphatic heterocycles. The van der Waals surface area contributed by atoms with Gasteiger partial charge in [0.05, 0.1) is 0 Å². The minimum atomic E-state index is -0.362. The van der Waals surface area contributed by atoms with Gasteiger partial charge in [-0.25, -0.2) is 0 Å². The van der Waals surface area contributed by atoms with E-state index in [1.165, 1.54) is 0 Å². The molecule has 0 aromatic heterocycles. The van der Waals surface area contributed by atoms with Gasteiger partial charge in [0.25, 0.3) is 0 Å². The number of nitrogens with two attached hydrogens (primary N) is 1. The molecule has 2 nitrogen and oxygen atoms in total. The summed E-state index contributed by atoms with van der Waals surface area (Å²) in [7, 11) is 0. The molecule has 0 unspecified atom stereocenters. The fraction of sp³-hybridized carbons (Fsp3) is 0.417. The zero-order valence-electron chi connectivity index (χ0n) is 8.50. The molecular weight excluding hydrogens is 210 g/mol. The van der Waals surface area contributed by atoms with Crippen LogP contribution in [0.15, 0.2) is 24.3 Å². The van der Waals surface area contributed by atoms with Crippen molar-refractivity contribution >= 4 is 17.4 Å². The van der Waals surface area contributed by atoms with E-state index >= 15 is 0 Å². The van der Waals surface area contributed by atoms with Crippen molar-refractivity contribution in [3.8, 4) is 0 Å². The van der Waals surface area contributed by atoms with Crippen molar-refractivity contribution in [1.29, 1.82) is 0 Å². The average molecular weight is 224 g/mol. The Bertz CT molecular complexity index is 379. The van der Waals surface area contributed by atoms with Crippen LogP contribution in [0.4, 0.5) is 0 Å². The number of rotatable bonds is 1. The minimum absolute atomic E-state index is 0.318. The van der Waals surface area contributed by atoms with Crippen LogP contribution < -0.4 is 5.73 Å². The molecule has 2 rings (SSSR count). The van der Waals surface area contributed by atoms with E-state index in [0.717, 1.165) is 18.4 Å². The molecule has 0 amide bonds. The van der Waals surface area contributed by atoms with Gasteiger partial charge in [0, 0.05) is 23.4 Å². The Morgan fingerprint density at radius 2 is 1.93 bits per heavy atom. The van der Waals surface area contributed by atoms with Crippen molar-refractivity contribution in [3.63, 3.8) is 0 Å². The molecule has 1 saturated carbocycles. The number of halogens is 1. The van der Waals surface area contributed by atoms with Crippen LogP contribution in [0.5, 0.6) is 0 Å². The van der Waals surface area contributed by atoms with E-state index in [4.69, 9.17) is 17.3 Å². The van der Waals surface area contributed by atoms with Crippen LogP contribution in [0.3, 0.4) is 0 Å². The lowest BCUT2D eigenvalue weighted by Crippen LogP contribution is -2.40. The van der Waals surface area contributed by atoms with Crippen molar-refractivity contribution < 1.29 is 4.79 Å². The molecule has 1 aromatic carbocycles. The van der Waals surface area contributed by atoms with E-state index in [0.29, 0.717) is 23.6 Å². The van der Waals surface area contributed by atoms with Crippen LogP contribution in [0.2, 0.25) is 5.02 Å². The van der Waals surface area contributed by atoms with Crippen LogP contribution in [0, 0.1) is 0 Å². The Morgan fingerprint density at radius 3 is 2.53 bits per heavy atom. The number of carbonyl (C=O) groups is 1. The molecule has 1 aromatic rings. The third-order valence-electron chi connectivity index (χ3n) is 3.10. The summed E-state index contributed by atoms with van der Waals surface area (Å²) < 4.78 is 0. The van der Waals surface area contributed by atoms with Gasteiger partial charge in [0.15, 0.2) is 0 Å². The van der Waals surface area contributed by atoms with Crippen molar-refractivity contribution in [2.45, 2.75) is 31.2 Å². The summed E-state index contributed by atoms with van der Waals surface area (Å²) in [6.45, 7) is 0. The van der Waals surface area contributed by atoms with E-state index in [1.54, 1.807) is 0 Å². The SMILES string of the molecule is NC1(c2cccc(Cl)c2)CCC(=O)CC1. The monoisotopic (exact) mass is 223 g/mol. The van der Waals surface area contributed by atoms with Crippen LogP contribution in [-0.4, -0.2) is 5.78 Å². The molecule has 0 atom stereocenters. The smallest absolute Gasteiger partial charge is 0.133 e. The van der Waals surface area contributed by atoms with E-state index in [2.05, 4.69) is 0 Å². The molecule has 2 N–H and O–H groups in total. The summed E-state index contributed by atoms with van der Waals surface area (Å²) in [5.74, 6) is 0.318. The molecule has 0 saturated heterocycles. The van der Waals surface area contributed by atoms with Crippen LogP contribution in [-0.2, 0) is 10.3 Å². The fourth-order valence-electron chi connectivity index (χ4n) is 2.06. The van der Waals surface area contributed by atoms with Crippen molar-refractivity contribution in [2.75, 3.05) is 0 Å². The minimum Gasteiger partial charge on any atom is -0.321 e. The standard InChI is InChI=1S/C12H14ClNO/c13-10-3-1-2-9(8-10)12(14)6-4-11(15)5-7-12/h1-3,8H,4-7,14H2. The molecule has 1 aliphatic rings. The Kier molecular flexibility index (Phi) is 2.81. The first kappa shape index (κ1) is 10.7. The fourth-order valence-corrected chi connectivity index (χ4v) is 2.25. The maximum absolute atomic E-state index is 11.2. The zero-order chi connectivity index (χ0) is 10.9. The van der Waals surface area contributed by atoms with Gasteiger partial charge in [-0.15, -0.1) is 0 Å². The first-order chi connectivity index (χ1) is 7.10.